The summed E-state index contributed by atoms with van der Waals surface area (Å²) in [4.78, 5) is 26.1. The highest BCUT2D eigenvalue weighted by Crippen LogP contribution is 2.41. The number of nitrogens with zero attached hydrogens (tertiary/aromatic N) is 2. The van der Waals surface area contributed by atoms with Crippen molar-refractivity contribution in [2.75, 3.05) is 13.6 Å². The largest absolute Gasteiger partial charge is 0.454 e. The maximum Gasteiger partial charge on any atom is 0.274 e. The first-order valence-electron chi connectivity index (χ1n) is 10.4. The number of carbonyl (C=O) groups excluding carboxylic acids is 1. The molecule has 0 radical (unpaired) electrons. The van der Waals surface area contributed by atoms with Crippen LogP contribution in [0.1, 0.15) is 17.0 Å². The number of nitrogens with two attached hydrogens (primary N) is 2. The highest BCUT2D eigenvalue weighted by atomic mass is 32.1. The molecule has 0 saturated heterocycles. The summed E-state index contributed by atoms with van der Waals surface area (Å²) in [6.45, 7) is 0.202. The van der Waals surface area contributed by atoms with Gasteiger partial charge in [0, 0.05) is 0 Å². The second-order valence-corrected chi connectivity index (χ2v) is 8.93. The number of aromatic nitrogens is 1. The van der Waals surface area contributed by atoms with E-state index in [0.717, 1.165) is 11.3 Å². The van der Waals surface area contributed by atoms with E-state index in [2.05, 4.69) is 6.07 Å². The van der Waals surface area contributed by atoms with E-state index < -0.39 is 17.4 Å². The summed E-state index contributed by atoms with van der Waals surface area (Å²) < 4.78 is 23.3. The van der Waals surface area contributed by atoms with Crippen molar-refractivity contribution in [1.82, 2.24) is 4.57 Å². The van der Waals surface area contributed by atoms with E-state index in [1.165, 1.54) is 4.57 Å². The van der Waals surface area contributed by atoms with E-state index in [1.807, 2.05) is 0 Å². The van der Waals surface area contributed by atoms with Gasteiger partial charge in [0.1, 0.15) is 10.5 Å². The Balaban J connectivity index is 1.60. The summed E-state index contributed by atoms with van der Waals surface area (Å²) >= 11 is 1.07. The molecule has 3 aliphatic rings. The number of hydrogen-bond donors (Lipinski definition) is 2. The van der Waals surface area contributed by atoms with Gasteiger partial charge in [-0.3, -0.25) is 14.2 Å². The van der Waals surface area contributed by atoms with Crippen molar-refractivity contribution < 1.29 is 23.7 Å². The van der Waals surface area contributed by atoms with Crippen LogP contribution in [0.15, 0.2) is 46.8 Å². The molecule has 11 heteroatoms. The minimum atomic E-state index is -0.872. The number of thiazole rings is 1. The van der Waals surface area contributed by atoms with E-state index in [9.17, 15) is 14.9 Å². The average molecular weight is 488 g/mol. The predicted molar refractivity (Wildman–Crippen MR) is 125 cm³/mol. The number of amides is 1. The molecule has 4 heterocycles. The van der Waals surface area contributed by atoms with Crippen LogP contribution in [0.2, 0.25) is 0 Å². The first-order chi connectivity index (χ1) is 17.0. The average Bonchev–Trinajstić information content (AvgIpc) is 3.57. The van der Waals surface area contributed by atoms with Crippen molar-refractivity contribution in [2.45, 2.75) is 5.92 Å². The lowest BCUT2D eigenvalue weighted by Crippen LogP contribution is -2.41. The Hall–Kier alpha value is -4.69. The van der Waals surface area contributed by atoms with E-state index in [4.69, 9.17) is 30.4 Å². The highest BCUT2D eigenvalue weighted by molar-refractivity contribution is 7.07. The minimum absolute atomic E-state index is 0.0414. The molecule has 1 amide bonds. The Morgan fingerprint density at radius 1 is 1.06 bits per heavy atom. The Morgan fingerprint density at radius 3 is 2.40 bits per heavy atom. The molecule has 2 aromatic carbocycles. The number of ether oxygens (including phenoxy) is 4. The molecule has 174 valence electrons. The van der Waals surface area contributed by atoms with Crippen LogP contribution in [-0.4, -0.2) is 24.1 Å². The van der Waals surface area contributed by atoms with Crippen molar-refractivity contribution in [3.05, 3.63) is 72.6 Å². The van der Waals surface area contributed by atoms with Gasteiger partial charge in [-0.05, 0) is 41.5 Å². The summed E-state index contributed by atoms with van der Waals surface area (Å²) in [7, 11) is 0. The second-order valence-electron chi connectivity index (χ2n) is 7.90. The molecule has 0 fully saturated rings. The third-order valence-electron chi connectivity index (χ3n) is 5.96. The second kappa shape index (κ2) is 7.68. The number of hydrogen-bond acceptors (Lipinski definition) is 9. The van der Waals surface area contributed by atoms with Gasteiger partial charge in [-0.1, -0.05) is 12.1 Å². The van der Waals surface area contributed by atoms with Gasteiger partial charge in [0.25, 0.3) is 5.56 Å². The SMILES string of the molecule is N#CC1=C(N)n2c(sc(=Cc3ccc4c(c3)OCO4)c2=O)=C(C(N)=O)C1c1ccc2c(c1)OCO2. The summed E-state index contributed by atoms with van der Waals surface area (Å²) in [5.74, 6) is 0.523. The molecule has 0 aliphatic carbocycles. The lowest BCUT2D eigenvalue weighted by molar-refractivity contribution is -0.113. The predicted octanol–water partition coefficient (Wildman–Crippen LogP) is 0.280. The molecule has 0 saturated carbocycles. The lowest BCUT2D eigenvalue weighted by atomic mass is 9.83. The van der Waals surface area contributed by atoms with Gasteiger partial charge in [-0.2, -0.15) is 5.26 Å². The standard InChI is InChI=1S/C24H16N4O6S/c25-8-13-19(12-2-4-15-17(7-12)34-10-32-15)20(22(27)29)24-28(21(13)26)23(30)18(35-24)6-11-1-3-14-16(5-11)33-9-31-14/h1-7,19H,9-10,26H2,(H2,27,29). The van der Waals surface area contributed by atoms with E-state index in [0.29, 0.717) is 38.7 Å². The maximum atomic E-state index is 13.3. The smallest absolute Gasteiger partial charge is 0.274 e. The Morgan fingerprint density at radius 2 is 1.71 bits per heavy atom. The first-order valence-corrected chi connectivity index (χ1v) is 11.2. The van der Waals surface area contributed by atoms with Gasteiger partial charge >= 0.3 is 0 Å². The van der Waals surface area contributed by atoms with Crippen LogP contribution in [-0.2, 0) is 4.79 Å². The zero-order valence-electron chi connectivity index (χ0n) is 17.9. The lowest BCUT2D eigenvalue weighted by Gasteiger charge is -2.24. The molecular formula is C24H16N4O6S. The highest BCUT2D eigenvalue weighted by Gasteiger charge is 2.35. The van der Waals surface area contributed by atoms with Crippen LogP contribution in [0.5, 0.6) is 23.0 Å². The Labute approximate surface area is 201 Å². The molecule has 3 aliphatic heterocycles. The normalized spacial score (nSPS) is 18.0. The van der Waals surface area contributed by atoms with Gasteiger partial charge in [0.2, 0.25) is 19.5 Å². The number of fused-ring (bicyclic) bond motifs is 3. The molecule has 1 aromatic heterocycles. The maximum absolute atomic E-state index is 13.3. The van der Waals surface area contributed by atoms with Gasteiger partial charge in [-0.15, -0.1) is 11.3 Å². The first kappa shape index (κ1) is 20.9. The number of nitriles is 1. The summed E-state index contributed by atoms with van der Waals surface area (Å²) in [6, 6.07) is 12.4. The van der Waals surface area contributed by atoms with Crippen LogP contribution in [0.3, 0.4) is 0 Å². The van der Waals surface area contributed by atoms with Crippen LogP contribution in [0, 0.1) is 11.3 Å². The Bertz CT molecular complexity index is 1690. The molecule has 1 atom stereocenters. The summed E-state index contributed by atoms with van der Waals surface area (Å²) in [5, 5.41) is 9.98. The molecule has 0 bridgehead atoms. The third-order valence-corrected chi connectivity index (χ3v) is 7.07. The minimum Gasteiger partial charge on any atom is -0.454 e. The molecule has 4 N–H and O–H groups in total. The number of carbonyl (C=O) groups is 1. The molecular weight excluding hydrogens is 472 g/mol. The molecule has 6 rings (SSSR count). The van der Waals surface area contributed by atoms with E-state index in [1.54, 1.807) is 42.5 Å². The van der Waals surface area contributed by atoms with E-state index in [-0.39, 0.29) is 35.2 Å². The number of benzene rings is 2. The van der Waals surface area contributed by atoms with Gasteiger partial charge in [0.15, 0.2) is 23.0 Å². The summed E-state index contributed by atoms with van der Waals surface area (Å²) in [5.41, 5.74) is 13.1. The van der Waals surface area contributed by atoms with Gasteiger partial charge < -0.3 is 30.4 Å². The molecule has 1 unspecified atom stereocenters. The van der Waals surface area contributed by atoms with Crippen LogP contribution in [0.25, 0.3) is 17.5 Å². The monoisotopic (exact) mass is 488 g/mol. The fraction of sp³-hybridized carbons (Fsp3) is 0.125. The van der Waals surface area contributed by atoms with Crippen molar-refractivity contribution in [1.29, 1.82) is 5.26 Å². The topological polar surface area (TPSA) is 152 Å². The fourth-order valence-corrected chi connectivity index (χ4v) is 5.55. The van der Waals surface area contributed by atoms with Crippen molar-refractivity contribution in [3.8, 4) is 29.1 Å². The van der Waals surface area contributed by atoms with Crippen LogP contribution >= 0.6 is 11.3 Å². The van der Waals surface area contributed by atoms with E-state index >= 15 is 0 Å². The number of rotatable bonds is 3. The van der Waals surface area contributed by atoms with Crippen LogP contribution < -0.4 is 45.2 Å². The van der Waals surface area contributed by atoms with Gasteiger partial charge in [0.05, 0.1) is 27.7 Å². The zero-order chi connectivity index (χ0) is 24.3. The van der Waals surface area contributed by atoms with Crippen molar-refractivity contribution in [3.63, 3.8) is 0 Å². The van der Waals surface area contributed by atoms with Crippen LogP contribution in [0.4, 0.5) is 0 Å². The quantitative estimate of drug-likeness (QED) is 0.533. The number of allylic oxidation sites excluding steroid dienone is 1. The van der Waals surface area contributed by atoms with Gasteiger partial charge in [-0.25, -0.2) is 0 Å². The molecule has 3 aromatic rings. The van der Waals surface area contributed by atoms with Crippen molar-refractivity contribution >= 4 is 34.7 Å². The zero-order valence-corrected chi connectivity index (χ0v) is 18.8. The Kier molecular flexibility index (Phi) is 4.58. The molecule has 0 spiro atoms. The third kappa shape index (κ3) is 3.15. The molecule has 35 heavy (non-hydrogen) atoms. The molecule has 10 nitrogen and oxygen atoms in total. The van der Waals surface area contributed by atoms with Crippen molar-refractivity contribution in [2.24, 2.45) is 11.5 Å². The summed E-state index contributed by atoms with van der Waals surface area (Å²) in [6.07, 6.45) is 1.66. The number of primary amides is 1. The fourth-order valence-electron chi connectivity index (χ4n) is 4.37.